The minimum absolute atomic E-state index is 0.203. The van der Waals surface area contributed by atoms with Gasteiger partial charge in [-0.1, -0.05) is 34.1 Å². The van der Waals surface area contributed by atoms with E-state index in [2.05, 4.69) is 36.4 Å². The molecule has 0 unspecified atom stereocenters. The van der Waals surface area contributed by atoms with Gasteiger partial charge in [0.15, 0.2) is 5.69 Å². The topological polar surface area (TPSA) is 82.6 Å². The number of H-pyrrole nitrogens is 2. The number of hydrogen-bond donors (Lipinski definition) is 2. The number of aromatic amines is 2. The maximum Gasteiger partial charge on any atom is 0.292 e. The predicted molar refractivity (Wildman–Crippen MR) is 91.7 cm³/mol. The second kappa shape index (κ2) is 6.62. The molecule has 2 aromatic carbocycles. The average Bonchev–Trinajstić information content (AvgIpc) is 2.93. The Morgan fingerprint density at radius 1 is 1.04 bits per heavy atom. The zero-order valence-corrected chi connectivity index (χ0v) is 13.8. The molecule has 23 heavy (non-hydrogen) atoms. The van der Waals surface area contributed by atoms with Crippen molar-refractivity contribution < 1.29 is 4.74 Å². The van der Waals surface area contributed by atoms with Gasteiger partial charge in [-0.3, -0.25) is 15.0 Å². The molecule has 0 spiro atoms. The molecule has 3 rings (SSSR count). The summed E-state index contributed by atoms with van der Waals surface area (Å²) in [5.41, 5.74) is 1.77. The van der Waals surface area contributed by atoms with Crippen molar-refractivity contribution >= 4 is 27.3 Å². The van der Waals surface area contributed by atoms with Crippen molar-refractivity contribution in [3.05, 3.63) is 63.4 Å². The molecule has 0 bridgehead atoms. The fraction of sp³-hybridized carbons (Fsp3) is 0.0625. The number of methoxy groups -OCH3 is 1. The van der Waals surface area contributed by atoms with Gasteiger partial charge in [-0.15, -0.1) is 5.11 Å². The van der Waals surface area contributed by atoms with Gasteiger partial charge in [-0.25, -0.2) is 0 Å². The van der Waals surface area contributed by atoms with E-state index >= 15 is 0 Å². The molecular weight excluding hydrogens is 360 g/mol. The molecule has 3 aromatic rings. The third-order valence-corrected chi connectivity index (χ3v) is 3.70. The van der Waals surface area contributed by atoms with Crippen LogP contribution < -0.4 is 10.3 Å². The lowest BCUT2D eigenvalue weighted by Gasteiger charge is -2.06. The van der Waals surface area contributed by atoms with Crippen LogP contribution in [0.25, 0.3) is 11.3 Å². The number of aromatic nitrogens is 2. The number of halogens is 1. The van der Waals surface area contributed by atoms with E-state index in [0.29, 0.717) is 17.1 Å². The number of para-hydroxylation sites is 1. The summed E-state index contributed by atoms with van der Waals surface area (Å²) in [6.07, 6.45) is 0. The van der Waals surface area contributed by atoms with Crippen molar-refractivity contribution in [2.75, 3.05) is 7.11 Å². The number of nitrogens with zero attached hydrogens (tertiary/aromatic N) is 2. The van der Waals surface area contributed by atoms with Gasteiger partial charge in [-0.05, 0) is 30.3 Å². The van der Waals surface area contributed by atoms with Crippen molar-refractivity contribution in [1.82, 2.24) is 10.2 Å². The molecule has 1 aromatic heterocycles. The Kier molecular flexibility index (Phi) is 4.38. The van der Waals surface area contributed by atoms with Crippen molar-refractivity contribution in [2.24, 2.45) is 10.2 Å². The Hall–Kier alpha value is -2.67. The highest BCUT2D eigenvalue weighted by Gasteiger charge is 2.15. The number of azo groups is 1. The molecule has 7 heteroatoms. The summed E-state index contributed by atoms with van der Waals surface area (Å²) in [5, 5.41) is 13.6. The molecule has 0 aliphatic carbocycles. The van der Waals surface area contributed by atoms with Crippen LogP contribution >= 0.6 is 15.9 Å². The van der Waals surface area contributed by atoms with E-state index < -0.39 is 0 Å². The van der Waals surface area contributed by atoms with Gasteiger partial charge in [-0.2, -0.15) is 5.11 Å². The standard InChI is InChI=1S/C16H13BrN4O2/c1-23-13-8-3-2-7-12(13)14-15(16(22)21-19-14)20-18-11-6-4-5-10(17)9-11/h2-9H,1H3,(H2,19,21,22). The molecule has 0 radical (unpaired) electrons. The zero-order chi connectivity index (χ0) is 16.2. The Balaban J connectivity index is 2.04. The first-order valence-corrected chi connectivity index (χ1v) is 7.59. The van der Waals surface area contributed by atoms with Crippen LogP contribution in [0.5, 0.6) is 5.75 Å². The monoisotopic (exact) mass is 372 g/mol. The van der Waals surface area contributed by atoms with E-state index in [1.165, 1.54) is 0 Å². The first-order chi connectivity index (χ1) is 11.2. The minimum Gasteiger partial charge on any atom is -0.496 e. The fourth-order valence-corrected chi connectivity index (χ4v) is 2.53. The average molecular weight is 373 g/mol. The maximum absolute atomic E-state index is 12.0. The van der Waals surface area contributed by atoms with Crippen LogP contribution in [0.1, 0.15) is 0 Å². The summed E-state index contributed by atoms with van der Waals surface area (Å²) in [6.45, 7) is 0. The van der Waals surface area contributed by atoms with Gasteiger partial charge in [0.25, 0.3) is 5.56 Å². The van der Waals surface area contributed by atoms with Crippen molar-refractivity contribution in [1.29, 1.82) is 0 Å². The fourth-order valence-electron chi connectivity index (χ4n) is 2.14. The highest BCUT2D eigenvalue weighted by molar-refractivity contribution is 9.10. The molecule has 0 aliphatic rings. The van der Waals surface area contributed by atoms with E-state index in [0.717, 1.165) is 10.0 Å². The quantitative estimate of drug-likeness (QED) is 0.658. The smallest absolute Gasteiger partial charge is 0.292 e. The summed E-state index contributed by atoms with van der Waals surface area (Å²) in [6, 6.07) is 14.7. The second-order valence-corrected chi connectivity index (χ2v) is 5.60. The maximum atomic E-state index is 12.0. The molecule has 116 valence electrons. The lowest BCUT2D eigenvalue weighted by molar-refractivity contribution is 0.416. The number of benzene rings is 2. The van der Waals surface area contributed by atoms with Gasteiger partial charge in [0.1, 0.15) is 5.75 Å². The van der Waals surface area contributed by atoms with Crippen molar-refractivity contribution in [2.45, 2.75) is 0 Å². The first kappa shape index (κ1) is 15.2. The van der Waals surface area contributed by atoms with Crippen LogP contribution in [0.3, 0.4) is 0 Å². The van der Waals surface area contributed by atoms with Crippen LogP contribution in [-0.2, 0) is 0 Å². The van der Waals surface area contributed by atoms with E-state index in [1.807, 2.05) is 42.5 Å². The van der Waals surface area contributed by atoms with Gasteiger partial charge < -0.3 is 4.74 Å². The van der Waals surface area contributed by atoms with E-state index in [4.69, 9.17) is 4.74 Å². The van der Waals surface area contributed by atoms with Crippen molar-refractivity contribution in [3.8, 4) is 17.0 Å². The van der Waals surface area contributed by atoms with Crippen molar-refractivity contribution in [3.63, 3.8) is 0 Å². The third kappa shape index (κ3) is 3.24. The Bertz CT molecular complexity index is 914. The summed E-state index contributed by atoms with van der Waals surface area (Å²) in [7, 11) is 1.58. The molecule has 0 amide bonds. The second-order valence-electron chi connectivity index (χ2n) is 4.68. The summed E-state index contributed by atoms with van der Waals surface area (Å²) in [5.74, 6) is 0.640. The first-order valence-electron chi connectivity index (χ1n) is 6.80. The molecule has 6 nitrogen and oxygen atoms in total. The number of nitrogens with one attached hydrogen (secondary N) is 2. The number of rotatable bonds is 4. The Labute approximate surface area is 140 Å². The Morgan fingerprint density at radius 3 is 2.65 bits per heavy atom. The summed E-state index contributed by atoms with van der Waals surface area (Å²) in [4.78, 5) is 12.0. The predicted octanol–water partition coefficient (Wildman–Crippen LogP) is 4.56. The minimum atomic E-state index is -0.343. The van der Waals surface area contributed by atoms with Crippen LogP contribution in [0.15, 0.2) is 68.0 Å². The Morgan fingerprint density at radius 2 is 1.87 bits per heavy atom. The van der Waals surface area contributed by atoms with Crippen LogP contribution in [0.2, 0.25) is 0 Å². The normalized spacial score (nSPS) is 11.0. The molecule has 2 N–H and O–H groups in total. The molecule has 1 heterocycles. The number of ether oxygens (including phenoxy) is 1. The van der Waals surface area contributed by atoms with Gasteiger partial charge >= 0.3 is 0 Å². The molecule has 0 atom stereocenters. The highest BCUT2D eigenvalue weighted by atomic mass is 79.9. The number of hydrogen-bond acceptors (Lipinski definition) is 4. The zero-order valence-electron chi connectivity index (χ0n) is 12.2. The molecule has 0 aliphatic heterocycles. The van der Waals surface area contributed by atoms with E-state index in [9.17, 15) is 4.79 Å². The lowest BCUT2D eigenvalue weighted by atomic mass is 10.1. The van der Waals surface area contributed by atoms with E-state index in [-0.39, 0.29) is 11.2 Å². The third-order valence-electron chi connectivity index (χ3n) is 3.20. The van der Waals surface area contributed by atoms with Gasteiger partial charge in [0.2, 0.25) is 0 Å². The van der Waals surface area contributed by atoms with E-state index in [1.54, 1.807) is 13.2 Å². The van der Waals surface area contributed by atoms with Gasteiger partial charge in [0, 0.05) is 10.0 Å². The summed E-state index contributed by atoms with van der Waals surface area (Å²) < 4.78 is 6.22. The highest BCUT2D eigenvalue weighted by Crippen LogP contribution is 2.33. The molecule has 0 saturated carbocycles. The van der Waals surface area contributed by atoms with Gasteiger partial charge in [0.05, 0.1) is 18.5 Å². The van der Waals surface area contributed by atoms with Crippen LogP contribution in [0, 0.1) is 0 Å². The molecule has 0 fully saturated rings. The SMILES string of the molecule is COc1ccccc1-c1[nH][nH]c(=O)c1N=Nc1cccc(Br)c1. The van der Waals surface area contributed by atoms with Crippen LogP contribution in [-0.4, -0.2) is 17.3 Å². The lowest BCUT2D eigenvalue weighted by Crippen LogP contribution is -1.96. The molecule has 0 saturated heterocycles. The van der Waals surface area contributed by atoms with Crippen LogP contribution in [0.4, 0.5) is 11.4 Å². The molecular formula is C16H13BrN4O2. The largest absolute Gasteiger partial charge is 0.496 e. The summed E-state index contributed by atoms with van der Waals surface area (Å²) >= 11 is 3.37.